The molecule has 1 amide bonds. The molecule has 1 aliphatic rings. The molecule has 9 heteroatoms. The summed E-state index contributed by atoms with van der Waals surface area (Å²) >= 11 is 1.10. The van der Waals surface area contributed by atoms with Crippen molar-refractivity contribution in [2.75, 3.05) is 12.4 Å². The predicted molar refractivity (Wildman–Crippen MR) is 70.1 cm³/mol. The Hall–Kier alpha value is -0.870. The lowest BCUT2D eigenvalue weighted by molar-refractivity contribution is -0.173. The Labute approximate surface area is 120 Å². The maximum Gasteiger partial charge on any atom is 0.304 e. The molecule has 0 bridgehead atoms. The zero-order valence-electron chi connectivity index (χ0n) is 10.9. The molecule has 0 radical (unpaired) electrons. The first-order valence-corrected chi connectivity index (χ1v) is 7.14. The van der Waals surface area contributed by atoms with Crippen LogP contribution in [0.5, 0.6) is 0 Å². The van der Waals surface area contributed by atoms with E-state index in [0.29, 0.717) is 0 Å². The molecule has 0 aromatic rings. The van der Waals surface area contributed by atoms with Crippen LogP contribution in [0.25, 0.3) is 0 Å². The number of rotatable bonds is 6. The summed E-state index contributed by atoms with van der Waals surface area (Å²) in [5.74, 6) is -1.16. The van der Waals surface area contributed by atoms with E-state index in [1.165, 1.54) is 6.92 Å². The number of nitrogens with one attached hydrogen (secondary N) is 1. The van der Waals surface area contributed by atoms with E-state index in [4.69, 9.17) is 14.9 Å². The molecule has 0 spiro atoms. The molecule has 8 nitrogen and oxygen atoms in total. The van der Waals surface area contributed by atoms with Crippen LogP contribution in [0.15, 0.2) is 0 Å². The van der Waals surface area contributed by atoms with Gasteiger partial charge in [-0.05, 0) is 0 Å². The standard InChI is InChI=1S/C11H19NO7S/c1-5(14)12-8-10(18)9(17)6(4-13)19-11(8)20-3-2-7(15)16/h6,8-11,13,17-18H,2-4H2,1H3,(H,12,14)(H,15,16)/t6-,8+,9-,10-,11+/m1/s1. The Morgan fingerprint density at radius 2 is 1.95 bits per heavy atom. The summed E-state index contributed by atoms with van der Waals surface area (Å²) in [4.78, 5) is 21.6. The minimum Gasteiger partial charge on any atom is -0.481 e. The van der Waals surface area contributed by atoms with Gasteiger partial charge in [0.2, 0.25) is 5.91 Å². The monoisotopic (exact) mass is 309 g/mol. The highest BCUT2D eigenvalue weighted by atomic mass is 32.2. The van der Waals surface area contributed by atoms with Gasteiger partial charge in [-0.1, -0.05) is 0 Å². The summed E-state index contributed by atoms with van der Waals surface area (Å²) in [7, 11) is 0. The van der Waals surface area contributed by atoms with Gasteiger partial charge >= 0.3 is 5.97 Å². The van der Waals surface area contributed by atoms with Crippen LogP contribution in [0.2, 0.25) is 0 Å². The molecular weight excluding hydrogens is 290 g/mol. The summed E-state index contributed by atoms with van der Waals surface area (Å²) in [5.41, 5.74) is -0.742. The molecule has 0 aromatic heterocycles. The van der Waals surface area contributed by atoms with Gasteiger partial charge in [0, 0.05) is 12.7 Å². The van der Waals surface area contributed by atoms with Gasteiger partial charge in [0.05, 0.1) is 19.1 Å². The maximum absolute atomic E-state index is 11.1. The van der Waals surface area contributed by atoms with E-state index in [-0.39, 0.29) is 12.2 Å². The van der Waals surface area contributed by atoms with Crippen LogP contribution >= 0.6 is 11.8 Å². The van der Waals surface area contributed by atoms with E-state index in [1.807, 2.05) is 0 Å². The third-order valence-corrected chi connectivity index (χ3v) is 4.02. The lowest BCUT2D eigenvalue weighted by Crippen LogP contribution is -2.63. The van der Waals surface area contributed by atoms with Crippen molar-refractivity contribution in [3.8, 4) is 0 Å². The fourth-order valence-corrected chi connectivity index (χ4v) is 3.06. The number of thioether (sulfide) groups is 1. The van der Waals surface area contributed by atoms with Crippen molar-refractivity contribution in [3.63, 3.8) is 0 Å². The largest absolute Gasteiger partial charge is 0.481 e. The topological polar surface area (TPSA) is 136 Å². The van der Waals surface area contributed by atoms with E-state index in [1.54, 1.807) is 0 Å². The number of carboxylic acid groups (broad SMARTS) is 1. The number of ether oxygens (including phenoxy) is 1. The van der Waals surface area contributed by atoms with Gasteiger partial charge in [0.25, 0.3) is 0 Å². The molecule has 1 rings (SSSR count). The first kappa shape index (κ1) is 17.2. The van der Waals surface area contributed by atoms with Gasteiger partial charge < -0.3 is 30.5 Å². The number of hydrogen-bond acceptors (Lipinski definition) is 7. The lowest BCUT2D eigenvalue weighted by Gasteiger charge is -2.42. The first-order valence-electron chi connectivity index (χ1n) is 6.09. The quantitative estimate of drug-likeness (QED) is 0.385. The molecule has 116 valence electrons. The predicted octanol–water partition coefficient (Wildman–Crippen LogP) is -1.86. The number of carbonyl (C=O) groups excluding carboxylic acids is 1. The first-order chi connectivity index (χ1) is 9.36. The average molecular weight is 309 g/mol. The molecule has 1 heterocycles. The molecule has 20 heavy (non-hydrogen) atoms. The molecule has 1 aliphatic heterocycles. The lowest BCUT2D eigenvalue weighted by atomic mass is 9.98. The van der Waals surface area contributed by atoms with E-state index in [9.17, 15) is 19.8 Å². The number of hydrogen-bond donors (Lipinski definition) is 5. The second-order valence-corrected chi connectivity index (χ2v) is 5.65. The number of carboxylic acids is 1. The normalized spacial score (nSPS) is 33.7. The van der Waals surface area contributed by atoms with Crippen molar-refractivity contribution >= 4 is 23.6 Å². The van der Waals surface area contributed by atoms with Gasteiger partial charge in [-0.25, -0.2) is 0 Å². The number of aliphatic hydroxyl groups excluding tert-OH is 3. The second kappa shape index (κ2) is 7.79. The Balaban J connectivity index is 2.72. The smallest absolute Gasteiger partial charge is 0.304 e. The maximum atomic E-state index is 11.1. The summed E-state index contributed by atoms with van der Waals surface area (Å²) < 4.78 is 5.41. The van der Waals surface area contributed by atoms with Gasteiger partial charge in [-0.2, -0.15) is 0 Å². The fraction of sp³-hybridized carbons (Fsp3) is 0.818. The van der Waals surface area contributed by atoms with Crippen LogP contribution in [0, 0.1) is 0 Å². The van der Waals surface area contributed by atoms with Crippen molar-refractivity contribution in [2.24, 2.45) is 0 Å². The summed E-state index contributed by atoms with van der Waals surface area (Å²) in [6.07, 6.45) is -3.70. The van der Waals surface area contributed by atoms with Gasteiger partial charge in [0.1, 0.15) is 23.7 Å². The van der Waals surface area contributed by atoms with E-state index < -0.39 is 48.3 Å². The average Bonchev–Trinajstić information content (AvgIpc) is 2.36. The molecule has 0 aromatic carbocycles. The molecular formula is C11H19NO7S. The SMILES string of the molecule is CC(=O)N[C@H]1[C@@H](O)[C@H](O)[C@@H](CO)O[C@H]1SCCC(=O)O. The van der Waals surface area contributed by atoms with Gasteiger partial charge in [-0.15, -0.1) is 11.8 Å². The van der Waals surface area contributed by atoms with Crippen molar-refractivity contribution < 1.29 is 34.8 Å². The van der Waals surface area contributed by atoms with Crippen molar-refractivity contribution in [1.29, 1.82) is 0 Å². The molecule has 5 atom stereocenters. The summed E-state index contributed by atoms with van der Waals surface area (Å²) in [5, 5.41) is 39.9. The third kappa shape index (κ3) is 4.60. The Bertz CT molecular complexity index is 354. The zero-order valence-corrected chi connectivity index (χ0v) is 11.7. The van der Waals surface area contributed by atoms with Crippen LogP contribution in [0.1, 0.15) is 13.3 Å². The summed E-state index contributed by atoms with van der Waals surface area (Å²) in [6.45, 7) is 0.775. The molecule has 0 saturated carbocycles. The highest BCUT2D eigenvalue weighted by molar-refractivity contribution is 7.99. The van der Waals surface area contributed by atoms with Crippen molar-refractivity contribution in [3.05, 3.63) is 0 Å². The van der Waals surface area contributed by atoms with Crippen LogP contribution < -0.4 is 5.32 Å². The molecule has 1 fully saturated rings. The van der Waals surface area contributed by atoms with Crippen molar-refractivity contribution in [1.82, 2.24) is 5.32 Å². The highest BCUT2D eigenvalue weighted by Gasteiger charge is 2.44. The third-order valence-electron chi connectivity index (χ3n) is 2.85. The molecule has 0 aliphatic carbocycles. The fourth-order valence-electron chi connectivity index (χ4n) is 1.88. The Morgan fingerprint density at radius 1 is 1.30 bits per heavy atom. The second-order valence-electron chi connectivity index (χ2n) is 4.45. The van der Waals surface area contributed by atoms with Crippen LogP contribution in [-0.4, -0.2) is 74.5 Å². The summed E-state index contributed by atoms with van der Waals surface area (Å²) in [6, 6.07) is -0.871. The van der Waals surface area contributed by atoms with Gasteiger partial charge in [-0.3, -0.25) is 9.59 Å². The van der Waals surface area contributed by atoms with Gasteiger partial charge in [0.15, 0.2) is 0 Å². The van der Waals surface area contributed by atoms with E-state index >= 15 is 0 Å². The number of aliphatic hydroxyl groups is 3. The zero-order chi connectivity index (χ0) is 15.3. The Kier molecular flexibility index (Phi) is 6.69. The van der Waals surface area contributed by atoms with Crippen LogP contribution in [0.3, 0.4) is 0 Å². The number of carbonyl (C=O) groups is 2. The molecule has 0 unspecified atom stereocenters. The highest BCUT2D eigenvalue weighted by Crippen LogP contribution is 2.28. The van der Waals surface area contributed by atoms with Crippen molar-refractivity contribution in [2.45, 2.75) is 43.1 Å². The minimum absolute atomic E-state index is 0.0975. The Morgan fingerprint density at radius 3 is 2.45 bits per heavy atom. The molecule has 5 N–H and O–H groups in total. The number of amides is 1. The van der Waals surface area contributed by atoms with Crippen LogP contribution in [0.4, 0.5) is 0 Å². The van der Waals surface area contributed by atoms with E-state index in [0.717, 1.165) is 11.8 Å². The van der Waals surface area contributed by atoms with Crippen LogP contribution in [-0.2, 0) is 14.3 Å². The molecule has 1 saturated heterocycles. The minimum atomic E-state index is -1.33. The number of aliphatic carboxylic acids is 1. The van der Waals surface area contributed by atoms with E-state index in [2.05, 4.69) is 5.32 Å².